The fourth-order valence-corrected chi connectivity index (χ4v) is 4.57. The topological polar surface area (TPSA) is 51.9 Å². The molecule has 2 heterocycles. The monoisotopic (exact) mass is 390 g/mol. The molecule has 1 amide bonds. The average Bonchev–Trinajstić information content (AvgIpc) is 3.26. The van der Waals surface area contributed by atoms with E-state index >= 15 is 0 Å². The predicted molar refractivity (Wildman–Crippen MR) is 116 cm³/mol. The van der Waals surface area contributed by atoms with Crippen molar-refractivity contribution in [2.45, 2.75) is 65.5 Å². The summed E-state index contributed by atoms with van der Waals surface area (Å²) in [5, 5.41) is 3.07. The van der Waals surface area contributed by atoms with Crippen molar-refractivity contribution >= 4 is 11.6 Å². The second-order valence-electron chi connectivity index (χ2n) is 8.20. The maximum Gasteiger partial charge on any atom is 0.257 e. The summed E-state index contributed by atoms with van der Waals surface area (Å²) in [5.41, 5.74) is 5.05. The molecule has 0 unspecified atom stereocenters. The van der Waals surface area contributed by atoms with Crippen LogP contribution in [0.4, 0.5) is 5.69 Å². The van der Waals surface area contributed by atoms with E-state index in [0.717, 1.165) is 29.3 Å². The predicted octanol–water partition coefficient (Wildman–Crippen LogP) is 5.42. The largest absolute Gasteiger partial charge is 0.345 e. The highest BCUT2D eigenvalue weighted by atomic mass is 16.1. The lowest BCUT2D eigenvalue weighted by Gasteiger charge is -2.26. The van der Waals surface area contributed by atoms with E-state index in [9.17, 15) is 4.79 Å². The van der Waals surface area contributed by atoms with Crippen LogP contribution in [0.2, 0.25) is 0 Å². The van der Waals surface area contributed by atoms with E-state index in [4.69, 9.17) is 0 Å². The number of benzene rings is 1. The van der Waals surface area contributed by atoms with Gasteiger partial charge in [0, 0.05) is 42.1 Å². The van der Waals surface area contributed by atoms with Gasteiger partial charge in [0.05, 0.1) is 5.56 Å². The van der Waals surface area contributed by atoms with Crippen LogP contribution in [0, 0.1) is 20.8 Å². The van der Waals surface area contributed by atoms with Crippen LogP contribution in [0.5, 0.6) is 0 Å². The Balaban J connectivity index is 1.46. The molecule has 0 spiro atoms. The summed E-state index contributed by atoms with van der Waals surface area (Å²) in [6, 6.07) is 10.6. The van der Waals surface area contributed by atoms with E-state index in [1.807, 2.05) is 37.5 Å². The average molecular weight is 391 g/mol. The molecule has 0 radical (unpaired) electrons. The number of hydrogen-bond acceptors (Lipinski definition) is 2. The number of nitrogens with one attached hydrogen (secondary N) is 1. The Bertz CT molecular complexity index is 991. The van der Waals surface area contributed by atoms with Crippen LogP contribution in [-0.4, -0.2) is 20.0 Å². The van der Waals surface area contributed by atoms with Crippen LogP contribution in [0.1, 0.15) is 71.3 Å². The summed E-state index contributed by atoms with van der Waals surface area (Å²) >= 11 is 0. The molecule has 1 aliphatic carbocycles. The highest BCUT2D eigenvalue weighted by molar-refractivity contribution is 6.05. The van der Waals surface area contributed by atoms with E-state index in [-0.39, 0.29) is 5.91 Å². The Morgan fingerprint density at radius 3 is 2.48 bits per heavy atom. The maximum atomic E-state index is 12.9. The first-order valence-electron chi connectivity index (χ1n) is 10.6. The Morgan fingerprint density at radius 2 is 1.83 bits per heavy atom. The molecule has 29 heavy (non-hydrogen) atoms. The molecule has 5 heteroatoms. The van der Waals surface area contributed by atoms with Gasteiger partial charge in [-0.05, 0) is 57.4 Å². The third kappa shape index (κ3) is 4.14. The van der Waals surface area contributed by atoms with Crippen molar-refractivity contribution in [1.82, 2.24) is 14.1 Å². The van der Waals surface area contributed by atoms with Gasteiger partial charge in [0.25, 0.3) is 5.91 Å². The Labute approximate surface area is 172 Å². The van der Waals surface area contributed by atoms with Gasteiger partial charge in [-0.1, -0.05) is 31.4 Å². The molecule has 0 bridgehead atoms. The number of hydrogen-bond donors (Lipinski definition) is 1. The summed E-state index contributed by atoms with van der Waals surface area (Å²) in [5.74, 6) is 0.967. The van der Waals surface area contributed by atoms with E-state index in [1.165, 1.54) is 43.4 Å². The molecule has 152 valence electrons. The number of anilines is 1. The summed E-state index contributed by atoms with van der Waals surface area (Å²) in [4.78, 5) is 17.2. The number of carbonyl (C=O) groups excluding carboxylic acids is 1. The van der Waals surface area contributed by atoms with Crippen molar-refractivity contribution in [3.63, 3.8) is 0 Å². The standard InChI is InChI=1S/C24H30N4O/c1-17-15-23(18(2)28(17)22-7-5-4-6-8-22)24(29)26-21-11-9-20(10-12-21)16-27-14-13-25-19(27)3/h9-15,22H,4-8,16H2,1-3H3,(H,26,29). The Kier molecular flexibility index (Phi) is 5.56. The molecule has 1 aromatic carbocycles. The van der Waals surface area contributed by atoms with Gasteiger partial charge in [0.1, 0.15) is 5.82 Å². The molecule has 1 N–H and O–H groups in total. The molecule has 4 rings (SSSR count). The van der Waals surface area contributed by atoms with Gasteiger partial charge in [-0.2, -0.15) is 0 Å². The van der Waals surface area contributed by atoms with Gasteiger partial charge < -0.3 is 14.5 Å². The Hall–Kier alpha value is -2.82. The lowest BCUT2D eigenvalue weighted by Crippen LogP contribution is -2.17. The smallest absolute Gasteiger partial charge is 0.257 e. The van der Waals surface area contributed by atoms with Crippen molar-refractivity contribution in [3.05, 3.63) is 71.1 Å². The first-order valence-corrected chi connectivity index (χ1v) is 10.6. The summed E-state index contributed by atoms with van der Waals surface area (Å²) in [7, 11) is 0. The molecule has 3 aromatic rings. The number of carbonyl (C=O) groups is 1. The van der Waals surface area contributed by atoms with Crippen molar-refractivity contribution in [3.8, 4) is 0 Å². The van der Waals surface area contributed by atoms with Crippen LogP contribution >= 0.6 is 0 Å². The van der Waals surface area contributed by atoms with Gasteiger partial charge in [-0.15, -0.1) is 0 Å². The highest BCUT2D eigenvalue weighted by Gasteiger charge is 2.22. The molecule has 1 fully saturated rings. The Morgan fingerprint density at radius 1 is 1.10 bits per heavy atom. The molecule has 0 atom stereocenters. The number of rotatable bonds is 5. The zero-order valence-corrected chi connectivity index (χ0v) is 17.6. The summed E-state index contributed by atoms with van der Waals surface area (Å²) in [6.07, 6.45) is 10.1. The first kappa shape index (κ1) is 19.5. The zero-order chi connectivity index (χ0) is 20.4. The fourth-order valence-electron chi connectivity index (χ4n) is 4.57. The van der Waals surface area contributed by atoms with E-state index in [0.29, 0.717) is 6.04 Å². The second kappa shape index (κ2) is 8.27. The van der Waals surface area contributed by atoms with Crippen molar-refractivity contribution in [2.75, 3.05) is 5.32 Å². The van der Waals surface area contributed by atoms with Crippen LogP contribution in [0.25, 0.3) is 0 Å². The van der Waals surface area contributed by atoms with E-state index in [1.54, 1.807) is 0 Å². The molecule has 2 aromatic heterocycles. The van der Waals surface area contributed by atoms with Crippen molar-refractivity contribution in [2.24, 2.45) is 0 Å². The third-order valence-electron chi connectivity index (χ3n) is 6.16. The van der Waals surface area contributed by atoms with E-state index < -0.39 is 0 Å². The third-order valence-corrected chi connectivity index (χ3v) is 6.16. The van der Waals surface area contributed by atoms with Crippen LogP contribution in [-0.2, 0) is 6.54 Å². The number of nitrogens with zero attached hydrogens (tertiary/aromatic N) is 3. The summed E-state index contributed by atoms with van der Waals surface area (Å²) in [6.45, 7) is 6.97. The van der Waals surface area contributed by atoms with Crippen LogP contribution in [0.3, 0.4) is 0 Å². The number of amides is 1. The first-order chi connectivity index (χ1) is 14.0. The lowest BCUT2D eigenvalue weighted by molar-refractivity contribution is 0.102. The second-order valence-corrected chi connectivity index (χ2v) is 8.20. The number of aryl methyl sites for hydroxylation is 2. The zero-order valence-electron chi connectivity index (χ0n) is 17.6. The SMILES string of the molecule is Cc1nccn1Cc1ccc(NC(=O)c2cc(C)n(C3CCCCC3)c2C)cc1. The van der Waals surface area contributed by atoms with Crippen LogP contribution in [0.15, 0.2) is 42.7 Å². The highest BCUT2D eigenvalue weighted by Crippen LogP contribution is 2.32. The van der Waals surface area contributed by atoms with Crippen LogP contribution < -0.4 is 5.32 Å². The van der Waals surface area contributed by atoms with Gasteiger partial charge in [-0.25, -0.2) is 4.98 Å². The normalized spacial score (nSPS) is 14.9. The molecular weight excluding hydrogens is 360 g/mol. The number of imidazole rings is 1. The minimum atomic E-state index is -0.0293. The maximum absolute atomic E-state index is 12.9. The van der Waals surface area contributed by atoms with Crippen molar-refractivity contribution < 1.29 is 4.79 Å². The van der Waals surface area contributed by atoms with Gasteiger partial charge in [0.2, 0.25) is 0 Å². The molecule has 5 nitrogen and oxygen atoms in total. The molecule has 0 aliphatic heterocycles. The van der Waals surface area contributed by atoms with Crippen molar-refractivity contribution in [1.29, 1.82) is 0 Å². The van der Waals surface area contributed by atoms with Gasteiger partial charge in [-0.3, -0.25) is 4.79 Å². The molecular formula is C24H30N4O. The quantitative estimate of drug-likeness (QED) is 0.633. The summed E-state index contributed by atoms with van der Waals surface area (Å²) < 4.78 is 4.48. The fraction of sp³-hybridized carbons (Fsp3) is 0.417. The molecule has 0 saturated heterocycles. The molecule has 1 saturated carbocycles. The minimum Gasteiger partial charge on any atom is -0.345 e. The van der Waals surface area contributed by atoms with E-state index in [2.05, 4.69) is 45.4 Å². The number of aromatic nitrogens is 3. The molecule has 1 aliphatic rings. The van der Waals surface area contributed by atoms with Gasteiger partial charge in [0.15, 0.2) is 0 Å². The minimum absolute atomic E-state index is 0.0293. The lowest BCUT2D eigenvalue weighted by atomic mass is 9.95. The van der Waals surface area contributed by atoms with Gasteiger partial charge >= 0.3 is 0 Å².